The first kappa shape index (κ1) is 15.7. The Morgan fingerprint density at radius 2 is 1.71 bits per heavy atom. The van der Waals surface area contributed by atoms with Crippen LogP contribution in [0.5, 0.6) is 0 Å². The maximum absolute atomic E-state index is 11.5. The Hall–Kier alpha value is -1.84. The zero-order chi connectivity index (χ0) is 16.6. The Morgan fingerprint density at radius 1 is 1.00 bits per heavy atom. The summed E-state index contributed by atoms with van der Waals surface area (Å²) < 4.78 is 0. The number of piperidine rings is 1. The highest BCUT2D eigenvalue weighted by Crippen LogP contribution is 2.51. The molecule has 0 aromatic heterocycles. The standard InChI is InChI=1S/C21H26N2O/c22-20-8-4-7-17(13-20)21(24)18-9-10-19(21)15-23(14-18)12-11-16-5-2-1-3-6-16/h1-8,13,18-19,24H,9-12,14-15,22H2. The smallest absolute Gasteiger partial charge is 0.0977 e. The van der Waals surface area contributed by atoms with E-state index in [9.17, 15) is 5.11 Å². The van der Waals surface area contributed by atoms with E-state index < -0.39 is 5.60 Å². The maximum Gasteiger partial charge on any atom is 0.0977 e. The number of aliphatic hydroxyl groups is 1. The van der Waals surface area contributed by atoms with E-state index in [-0.39, 0.29) is 0 Å². The summed E-state index contributed by atoms with van der Waals surface area (Å²) in [5.41, 5.74) is 8.40. The predicted octanol–water partition coefficient (Wildman–Crippen LogP) is 3.04. The quantitative estimate of drug-likeness (QED) is 0.851. The third-order valence-electron chi connectivity index (χ3n) is 5.97. The van der Waals surface area contributed by atoms with Gasteiger partial charge in [-0.25, -0.2) is 0 Å². The molecule has 0 spiro atoms. The first-order chi connectivity index (χ1) is 11.7. The van der Waals surface area contributed by atoms with Crippen molar-refractivity contribution in [1.82, 2.24) is 4.90 Å². The van der Waals surface area contributed by atoms with Crippen molar-refractivity contribution in [2.45, 2.75) is 24.9 Å². The molecule has 24 heavy (non-hydrogen) atoms. The molecule has 1 aliphatic heterocycles. The molecule has 0 amide bonds. The van der Waals surface area contributed by atoms with Gasteiger partial charge in [0.25, 0.3) is 0 Å². The molecule has 2 fully saturated rings. The molecule has 3 N–H and O–H groups in total. The number of nitrogens with zero attached hydrogens (tertiary/aromatic N) is 1. The zero-order valence-corrected chi connectivity index (χ0v) is 14.1. The average molecular weight is 322 g/mol. The number of nitrogens with two attached hydrogens (primary N) is 1. The molecule has 1 aliphatic carbocycles. The third kappa shape index (κ3) is 2.72. The summed E-state index contributed by atoms with van der Waals surface area (Å²) in [6.07, 6.45) is 3.30. The zero-order valence-electron chi connectivity index (χ0n) is 14.1. The van der Waals surface area contributed by atoms with E-state index in [0.717, 1.165) is 50.1 Å². The van der Waals surface area contributed by atoms with Crippen molar-refractivity contribution < 1.29 is 5.11 Å². The highest BCUT2D eigenvalue weighted by Gasteiger charge is 2.53. The van der Waals surface area contributed by atoms with Crippen LogP contribution in [0, 0.1) is 11.8 Å². The largest absolute Gasteiger partial charge is 0.399 e. The van der Waals surface area contributed by atoms with E-state index >= 15 is 0 Å². The lowest BCUT2D eigenvalue weighted by molar-refractivity contribution is -0.0894. The minimum absolute atomic E-state index is 0.314. The van der Waals surface area contributed by atoms with E-state index in [1.165, 1.54) is 5.56 Å². The molecule has 1 heterocycles. The van der Waals surface area contributed by atoms with Crippen molar-refractivity contribution in [3.63, 3.8) is 0 Å². The van der Waals surface area contributed by atoms with Crippen molar-refractivity contribution in [3.8, 4) is 0 Å². The predicted molar refractivity (Wildman–Crippen MR) is 97.6 cm³/mol. The van der Waals surface area contributed by atoms with Crippen molar-refractivity contribution in [2.75, 3.05) is 25.4 Å². The van der Waals surface area contributed by atoms with E-state index in [0.29, 0.717) is 11.8 Å². The van der Waals surface area contributed by atoms with Gasteiger partial charge in [0.2, 0.25) is 0 Å². The third-order valence-corrected chi connectivity index (χ3v) is 5.97. The summed E-state index contributed by atoms with van der Waals surface area (Å²) in [7, 11) is 0. The van der Waals surface area contributed by atoms with Gasteiger partial charge in [0.15, 0.2) is 0 Å². The highest BCUT2D eigenvalue weighted by molar-refractivity contribution is 5.43. The Labute approximate surface area is 144 Å². The number of nitrogen functional groups attached to an aromatic ring is 1. The number of hydrogen-bond acceptors (Lipinski definition) is 3. The van der Waals surface area contributed by atoms with Crippen LogP contribution in [-0.4, -0.2) is 29.6 Å². The van der Waals surface area contributed by atoms with E-state index in [1.807, 2.05) is 24.3 Å². The van der Waals surface area contributed by atoms with Gasteiger partial charge in [0, 0.05) is 37.2 Å². The minimum atomic E-state index is -0.696. The van der Waals surface area contributed by atoms with Crippen molar-refractivity contribution in [2.24, 2.45) is 11.8 Å². The molecule has 2 aromatic rings. The molecule has 4 rings (SSSR count). The van der Waals surface area contributed by atoms with Crippen LogP contribution >= 0.6 is 0 Å². The number of benzene rings is 2. The summed E-state index contributed by atoms with van der Waals surface area (Å²) in [5.74, 6) is 0.627. The molecule has 3 nitrogen and oxygen atoms in total. The molecule has 2 atom stereocenters. The van der Waals surface area contributed by atoms with Gasteiger partial charge in [-0.2, -0.15) is 0 Å². The first-order valence-corrected chi connectivity index (χ1v) is 9.01. The molecule has 2 aliphatic rings. The summed E-state index contributed by atoms with van der Waals surface area (Å²) in [4.78, 5) is 2.54. The normalized spacial score (nSPS) is 29.7. The van der Waals surface area contributed by atoms with E-state index in [2.05, 4.69) is 35.2 Å². The molecular formula is C21H26N2O. The molecule has 2 unspecified atom stereocenters. The highest BCUT2D eigenvalue weighted by atomic mass is 16.3. The molecule has 0 radical (unpaired) electrons. The monoisotopic (exact) mass is 322 g/mol. The van der Waals surface area contributed by atoms with Gasteiger partial charge in [-0.15, -0.1) is 0 Å². The first-order valence-electron chi connectivity index (χ1n) is 9.01. The lowest BCUT2D eigenvalue weighted by Gasteiger charge is -2.45. The fourth-order valence-electron chi connectivity index (χ4n) is 4.71. The fourth-order valence-corrected chi connectivity index (χ4v) is 4.71. The van der Waals surface area contributed by atoms with Crippen LogP contribution in [0.4, 0.5) is 5.69 Å². The van der Waals surface area contributed by atoms with Gasteiger partial charge in [-0.3, -0.25) is 0 Å². The average Bonchev–Trinajstić information content (AvgIpc) is 2.79. The Kier molecular flexibility index (Phi) is 4.07. The second-order valence-electron chi connectivity index (χ2n) is 7.42. The lowest BCUT2D eigenvalue weighted by atomic mass is 9.75. The second kappa shape index (κ2) is 6.23. The second-order valence-corrected chi connectivity index (χ2v) is 7.42. The van der Waals surface area contributed by atoms with Gasteiger partial charge >= 0.3 is 0 Å². The minimum Gasteiger partial charge on any atom is -0.399 e. The van der Waals surface area contributed by atoms with E-state index in [1.54, 1.807) is 0 Å². The number of hydrogen-bond donors (Lipinski definition) is 2. The number of fused-ring (bicyclic) bond motifs is 2. The molecule has 2 aromatic carbocycles. The van der Waals surface area contributed by atoms with Crippen LogP contribution in [0.15, 0.2) is 54.6 Å². The van der Waals surface area contributed by atoms with Crippen LogP contribution in [0.3, 0.4) is 0 Å². The van der Waals surface area contributed by atoms with Gasteiger partial charge in [0.05, 0.1) is 5.60 Å². The molecule has 3 heteroatoms. The van der Waals surface area contributed by atoms with Crippen LogP contribution < -0.4 is 5.73 Å². The van der Waals surface area contributed by atoms with Crippen molar-refractivity contribution >= 4 is 5.69 Å². The Balaban J connectivity index is 1.47. The number of anilines is 1. The molecular weight excluding hydrogens is 296 g/mol. The van der Waals surface area contributed by atoms with Crippen molar-refractivity contribution in [1.29, 1.82) is 0 Å². The van der Waals surface area contributed by atoms with Crippen LogP contribution in [-0.2, 0) is 12.0 Å². The fraction of sp³-hybridized carbons (Fsp3) is 0.429. The molecule has 1 saturated heterocycles. The van der Waals surface area contributed by atoms with Gasteiger partial charge < -0.3 is 15.7 Å². The Morgan fingerprint density at radius 3 is 2.38 bits per heavy atom. The maximum atomic E-state index is 11.5. The number of likely N-dealkylation sites (tertiary alicyclic amines) is 1. The molecule has 1 saturated carbocycles. The van der Waals surface area contributed by atoms with Gasteiger partial charge in [-0.1, -0.05) is 42.5 Å². The number of rotatable bonds is 4. The lowest BCUT2D eigenvalue weighted by Crippen LogP contribution is -2.52. The van der Waals surface area contributed by atoms with Crippen molar-refractivity contribution in [3.05, 3.63) is 65.7 Å². The van der Waals surface area contributed by atoms with Gasteiger partial charge in [-0.05, 0) is 42.5 Å². The summed E-state index contributed by atoms with van der Waals surface area (Å²) in [5, 5.41) is 11.5. The summed E-state index contributed by atoms with van der Waals surface area (Å²) in [6.45, 7) is 3.04. The van der Waals surface area contributed by atoms with Crippen LogP contribution in [0.2, 0.25) is 0 Å². The van der Waals surface area contributed by atoms with Gasteiger partial charge in [0.1, 0.15) is 0 Å². The van der Waals surface area contributed by atoms with E-state index in [4.69, 9.17) is 5.73 Å². The topological polar surface area (TPSA) is 49.5 Å². The molecule has 2 bridgehead atoms. The summed E-state index contributed by atoms with van der Waals surface area (Å²) >= 11 is 0. The van der Waals surface area contributed by atoms with Crippen LogP contribution in [0.25, 0.3) is 0 Å². The molecule has 126 valence electrons. The Bertz CT molecular complexity index is 686. The SMILES string of the molecule is Nc1cccc(C2(O)C3CCC2CN(CCc2ccccc2)C3)c1. The summed E-state index contributed by atoms with van der Waals surface area (Å²) in [6, 6.07) is 18.5. The van der Waals surface area contributed by atoms with Crippen LogP contribution in [0.1, 0.15) is 24.0 Å².